The van der Waals surface area contributed by atoms with E-state index in [1.54, 1.807) is 6.92 Å². The van der Waals surface area contributed by atoms with Gasteiger partial charge in [-0.3, -0.25) is 4.79 Å². The lowest BCUT2D eigenvalue weighted by Crippen LogP contribution is -2.40. The lowest BCUT2D eigenvalue weighted by Gasteiger charge is -2.32. The lowest BCUT2D eigenvalue weighted by atomic mass is 10.1. The highest BCUT2D eigenvalue weighted by atomic mass is 28.4. The average molecular weight is 525 g/mol. The second-order valence-electron chi connectivity index (χ2n) is 10.9. The fourth-order valence-corrected chi connectivity index (χ4v) is 9.18. The molecule has 0 rings (SSSR count). The number of hydrogen-bond donors (Lipinski definition) is 0. The van der Waals surface area contributed by atoms with Crippen molar-refractivity contribution >= 4 is 20.3 Å². The highest BCUT2D eigenvalue weighted by Gasteiger charge is 2.37. The van der Waals surface area contributed by atoms with Gasteiger partial charge >= 0.3 is 5.97 Å². The van der Waals surface area contributed by atoms with Crippen LogP contribution in [0, 0.1) is 0 Å². The Kier molecular flexibility index (Phi) is 23.5. The van der Waals surface area contributed by atoms with Gasteiger partial charge in [-0.15, -0.1) is 0 Å². The Balaban J connectivity index is 5.10. The third-order valence-corrected chi connectivity index (χ3v) is 11.6. The summed E-state index contributed by atoms with van der Waals surface area (Å²) in [6.07, 6.45) is 23.0. The van der Waals surface area contributed by atoms with E-state index in [4.69, 9.17) is 9.16 Å². The van der Waals surface area contributed by atoms with Crippen molar-refractivity contribution in [2.24, 2.45) is 0 Å². The Labute approximate surface area is 225 Å². The predicted octanol–water partition coefficient (Wildman–Crippen LogP) is 10.1. The Bertz CT molecular complexity index is 520. The lowest BCUT2D eigenvalue weighted by molar-refractivity contribution is -0.142. The Morgan fingerprint density at radius 2 is 0.972 bits per heavy atom. The first kappa shape index (κ1) is 34.9. The van der Waals surface area contributed by atoms with Crippen molar-refractivity contribution in [3.8, 4) is 0 Å². The number of esters is 1. The Hall–Kier alpha value is -1.10. The SMILES string of the molecule is C=C(C)C(=O)OCCC(=O)O[Si](CCCCCCCC)(CCCCCCCC)CCCCCCCC. The van der Waals surface area contributed by atoms with Crippen molar-refractivity contribution in [2.75, 3.05) is 6.61 Å². The molecule has 0 saturated heterocycles. The molecule has 36 heavy (non-hydrogen) atoms. The van der Waals surface area contributed by atoms with E-state index in [1.165, 1.54) is 116 Å². The number of unbranched alkanes of at least 4 members (excludes halogenated alkanes) is 15. The Morgan fingerprint density at radius 3 is 1.33 bits per heavy atom. The molecule has 4 nitrogen and oxygen atoms in total. The van der Waals surface area contributed by atoms with Gasteiger partial charge in [-0.2, -0.15) is 0 Å². The minimum atomic E-state index is -2.17. The maximum Gasteiger partial charge on any atom is 0.333 e. The van der Waals surface area contributed by atoms with Crippen LogP contribution in [0.4, 0.5) is 0 Å². The average Bonchev–Trinajstić information content (AvgIpc) is 2.85. The smallest absolute Gasteiger partial charge is 0.333 e. The second-order valence-corrected chi connectivity index (χ2v) is 14.9. The maximum atomic E-state index is 12.9. The zero-order valence-corrected chi connectivity index (χ0v) is 25.6. The Morgan fingerprint density at radius 1 is 0.611 bits per heavy atom. The number of carbonyl (C=O) groups excluding carboxylic acids is 2. The molecule has 0 aromatic rings. The monoisotopic (exact) mass is 524 g/mol. The predicted molar refractivity (Wildman–Crippen MR) is 157 cm³/mol. The summed E-state index contributed by atoms with van der Waals surface area (Å²) in [4.78, 5) is 24.6. The minimum absolute atomic E-state index is 0.0834. The van der Waals surface area contributed by atoms with E-state index < -0.39 is 14.3 Å². The van der Waals surface area contributed by atoms with E-state index in [9.17, 15) is 9.59 Å². The van der Waals surface area contributed by atoms with E-state index in [0.29, 0.717) is 5.57 Å². The third kappa shape index (κ3) is 20.0. The van der Waals surface area contributed by atoms with Gasteiger partial charge in [0.2, 0.25) is 0 Å². The molecule has 0 spiro atoms. The molecule has 0 N–H and O–H groups in total. The van der Waals surface area contributed by atoms with Crippen LogP contribution in [0.2, 0.25) is 18.1 Å². The second kappa shape index (κ2) is 24.2. The van der Waals surface area contributed by atoms with Crippen LogP contribution in [-0.2, 0) is 18.8 Å². The fourth-order valence-electron chi connectivity index (χ4n) is 4.85. The molecule has 0 heterocycles. The molecule has 0 fully saturated rings. The molecule has 0 aliphatic rings. The van der Waals surface area contributed by atoms with E-state index in [1.807, 2.05) is 0 Å². The number of rotatable bonds is 26. The summed E-state index contributed by atoms with van der Waals surface area (Å²) >= 11 is 0. The highest BCUT2D eigenvalue weighted by Crippen LogP contribution is 2.31. The van der Waals surface area contributed by atoms with Crippen LogP contribution in [0.15, 0.2) is 12.2 Å². The van der Waals surface area contributed by atoms with Gasteiger partial charge in [0.05, 0.1) is 6.42 Å². The van der Waals surface area contributed by atoms with E-state index in [0.717, 1.165) is 18.1 Å². The van der Waals surface area contributed by atoms with Crippen LogP contribution < -0.4 is 0 Å². The molecule has 5 heteroatoms. The molecule has 0 saturated carbocycles. The highest BCUT2D eigenvalue weighted by molar-refractivity contribution is 6.75. The molecular formula is C31H60O4Si. The number of ether oxygens (including phenoxy) is 1. The van der Waals surface area contributed by atoms with E-state index in [2.05, 4.69) is 27.4 Å². The first-order valence-electron chi connectivity index (χ1n) is 15.4. The number of carbonyl (C=O) groups is 2. The van der Waals surface area contributed by atoms with Crippen LogP contribution >= 0.6 is 0 Å². The normalized spacial score (nSPS) is 11.4. The summed E-state index contributed by atoms with van der Waals surface area (Å²) < 4.78 is 11.6. The summed E-state index contributed by atoms with van der Waals surface area (Å²) in [6.45, 7) is 12.1. The van der Waals surface area contributed by atoms with Crippen LogP contribution in [0.3, 0.4) is 0 Å². The molecule has 0 aliphatic carbocycles. The number of hydrogen-bond acceptors (Lipinski definition) is 4. The standard InChI is InChI=1S/C31H60O4Si/c1-6-9-12-15-18-21-26-36(27-22-19-16-13-10-7-2,28-23-20-17-14-11-8-3)35-30(32)24-25-34-31(33)29(4)5/h4,6-28H2,1-3,5H3. The van der Waals surface area contributed by atoms with E-state index in [-0.39, 0.29) is 19.0 Å². The van der Waals surface area contributed by atoms with Crippen LogP contribution in [0.25, 0.3) is 0 Å². The maximum absolute atomic E-state index is 12.9. The van der Waals surface area contributed by atoms with Crippen LogP contribution in [0.1, 0.15) is 150 Å². The van der Waals surface area contributed by atoms with Gasteiger partial charge in [0.25, 0.3) is 14.3 Å². The zero-order valence-electron chi connectivity index (χ0n) is 24.6. The van der Waals surface area contributed by atoms with Crippen molar-refractivity contribution in [3.05, 3.63) is 12.2 Å². The fraction of sp³-hybridized carbons (Fsp3) is 0.871. The van der Waals surface area contributed by atoms with E-state index >= 15 is 0 Å². The van der Waals surface area contributed by atoms with Gasteiger partial charge in [-0.25, -0.2) is 4.79 Å². The van der Waals surface area contributed by atoms with Crippen LogP contribution in [-0.4, -0.2) is 26.9 Å². The molecule has 0 aliphatic heterocycles. The van der Waals surface area contributed by atoms with Gasteiger partial charge in [-0.1, -0.05) is 143 Å². The quantitative estimate of drug-likeness (QED) is 0.0489. The van der Waals surface area contributed by atoms with Crippen molar-refractivity contribution in [1.82, 2.24) is 0 Å². The molecule has 0 bridgehead atoms. The van der Waals surface area contributed by atoms with Gasteiger partial charge in [0.1, 0.15) is 6.61 Å². The molecule has 0 unspecified atom stereocenters. The van der Waals surface area contributed by atoms with Crippen molar-refractivity contribution in [2.45, 2.75) is 168 Å². The van der Waals surface area contributed by atoms with Crippen molar-refractivity contribution in [1.29, 1.82) is 0 Å². The van der Waals surface area contributed by atoms with Gasteiger partial charge in [-0.05, 0) is 25.1 Å². The van der Waals surface area contributed by atoms with Crippen molar-refractivity contribution in [3.63, 3.8) is 0 Å². The summed E-state index contributed by atoms with van der Waals surface area (Å²) in [5, 5.41) is 0. The summed E-state index contributed by atoms with van der Waals surface area (Å²) in [7, 11) is -2.17. The largest absolute Gasteiger partial charge is 0.519 e. The molecular weight excluding hydrogens is 464 g/mol. The molecule has 0 aromatic carbocycles. The molecule has 0 amide bonds. The minimum Gasteiger partial charge on any atom is -0.519 e. The van der Waals surface area contributed by atoms with Gasteiger partial charge in [0.15, 0.2) is 0 Å². The molecule has 212 valence electrons. The first-order valence-corrected chi connectivity index (χ1v) is 18.0. The van der Waals surface area contributed by atoms with Gasteiger partial charge in [0, 0.05) is 5.57 Å². The molecule has 0 radical (unpaired) electrons. The summed E-state index contributed by atoms with van der Waals surface area (Å²) in [6, 6.07) is 3.29. The summed E-state index contributed by atoms with van der Waals surface area (Å²) in [5.41, 5.74) is 0.362. The van der Waals surface area contributed by atoms with Gasteiger partial charge < -0.3 is 9.16 Å². The molecule has 0 aromatic heterocycles. The molecule has 0 atom stereocenters. The van der Waals surface area contributed by atoms with Crippen molar-refractivity contribution < 1.29 is 18.8 Å². The first-order chi connectivity index (χ1) is 17.4. The topological polar surface area (TPSA) is 52.6 Å². The third-order valence-electron chi connectivity index (χ3n) is 7.18. The van der Waals surface area contributed by atoms with Crippen LogP contribution in [0.5, 0.6) is 0 Å². The zero-order chi connectivity index (χ0) is 26.9. The summed E-state index contributed by atoms with van der Waals surface area (Å²) in [5.74, 6) is -0.600.